The third-order valence-electron chi connectivity index (χ3n) is 8.52. The van der Waals surface area contributed by atoms with Crippen molar-refractivity contribution in [1.29, 1.82) is 0 Å². The Morgan fingerprint density at radius 2 is 1.89 bits per heavy atom. The van der Waals surface area contributed by atoms with Crippen LogP contribution in [0.4, 0.5) is 24.7 Å². The van der Waals surface area contributed by atoms with Crippen LogP contribution in [-0.2, 0) is 24.3 Å². The zero-order chi connectivity index (χ0) is 33.0. The van der Waals surface area contributed by atoms with Gasteiger partial charge in [0, 0.05) is 62.0 Å². The Balaban J connectivity index is 1.39. The van der Waals surface area contributed by atoms with E-state index in [1.54, 1.807) is 0 Å². The number of pyridine rings is 1. The van der Waals surface area contributed by atoms with Gasteiger partial charge < -0.3 is 25.6 Å². The highest BCUT2D eigenvalue weighted by Crippen LogP contribution is 2.36. The molecule has 0 saturated carbocycles. The van der Waals surface area contributed by atoms with Crippen molar-refractivity contribution in [3.8, 4) is 16.9 Å². The van der Waals surface area contributed by atoms with Gasteiger partial charge in [-0.2, -0.15) is 8.78 Å². The number of carbonyl (C=O) groups excluding carboxylic acids is 2. The van der Waals surface area contributed by atoms with Crippen LogP contribution in [0.5, 0.6) is 5.75 Å². The molecular formula is C30H30ClF3N8O4. The second-order valence-corrected chi connectivity index (χ2v) is 11.8. The van der Waals surface area contributed by atoms with E-state index in [-0.39, 0.29) is 28.3 Å². The van der Waals surface area contributed by atoms with Gasteiger partial charge in [0.1, 0.15) is 28.9 Å². The summed E-state index contributed by atoms with van der Waals surface area (Å²) < 4.78 is 47.6. The van der Waals surface area contributed by atoms with Gasteiger partial charge in [-0.3, -0.25) is 23.9 Å². The molecule has 12 nitrogen and oxygen atoms in total. The minimum Gasteiger partial charge on any atom is -0.504 e. The molecule has 46 heavy (non-hydrogen) atoms. The molecule has 6 rings (SSSR count). The number of aromatic hydroxyl groups is 1. The minimum absolute atomic E-state index is 0.00660. The average molecular weight is 659 g/mol. The van der Waals surface area contributed by atoms with Crippen LogP contribution in [0.3, 0.4) is 0 Å². The highest BCUT2D eigenvalue weighted by molar-refractivity contribution is 6.33. The standard InChI is InChI=1S/C30H30ClF3N8O4/c1-3-39-7-8-41(14(2)11-39)20-10-18(23(31)27(34)37-20)36-21(43)13-40-12-17(15-9-16(28(35)45)26(44)25(33)24(15)32)22-29(40)38-19-5-4-6-42(19)30(22)46/h9-10,12,14,44H,3-8,11,13H2,1-2H3,(H2,35,45)(H,36,37,43). The van der Waals surface area contributed by atoms with E-state index in [0.717, 1.165) is 25.7 Å². The number of aromatic nitrogens is 4. The monoisotopic (exact) mass is 658 g/mol. The molecule has 3 aromatic heterocycles. The van der Waals surface area contributed by atoms with Gasteiger partial charge in [-0.05, 0) is 26.0 Å². The van der Waals surface area contributed by atoms with Gasteiger partial charge in [0.05, 0.1) is 16.6 Å². The van der Waals surface area contributed by atoms with E-state index >= 15 is 4.39 Å². The van der Waals surface area contributed by atoms with Gasteiger partial charge in [-0.15, -0.1) is 0 Å². The number of anilines is 2. The molecule has 242 valence electrons. The molecule has 16 heteroatoms. The van der Waals surface area contributed by atoms with Gasteiger partial charge >= 0.3 is 0 Å². The van der Waals surface area contributed by atoms with Crippen LogP contribution < -0.4 is 21.5 Å². The summed E-state index contributed by atoms with van der Waals surface area (Å²) in [6.45, 7) is 6.88. The predicted octanol–water partition coefficient (Wildman–Crippen LogP) is 3.25. The molecule has 2 aliphatic heterocycles. The van der Waals surface area contributed by atoms with Crippen molar-refractivity contribution in [2.45, 2.75) is 45.8 Å². The first-order valence-corrected chi connectivity index (χ1v) is 15.1. The first-order chi connectivity index (χ1) is 21.9. The largest absolute Gasteiger partial charge is 0.504 e. The molecule has 0 bridgehead atoms. The number of aryl methyl sites for hydroxylation is 1. The molecule has 2 aliphatic rings. The summed E-state index contributed by atoms with van der Waals surface area (Å²) in [6.07, 6.45) is 2.33. The van der Waals surface area contributed by atoms with Crippen molar-refractivity contribution in [3.63, 3.8) is 0 Å². The normalized spacial score (nSPS) is 16.7. The molecule has 0 aliphatic carbocycles. The van der Waals surface area contributed by atoms with E-state index in [1.807, 2.05) is 11.8 Å². The van der Waals surface area contributed by atoms with Crippen molar-refractivity contribution < 1.29 is 27.9 Å². The Labute approximate surface area is 265 Å². The molecule has 0 spiro atoms. The zero-order valence-corrected chi connectivity index (χ0v) is 25.7. The lowest BCUT2D eigenvalue weighted by molar-refractivity contribution is -0.116. The summed E-state index contributed by atoms with van der Waals surface area (Å²) in [5.74, 6) is -6.66. The summed E-state index contributed by atoms with van der Waals surface area (Å²) in [4.78, 5) is 51.6. The molecule has 1 fully saturated rings. The molecule has 1 unspecified atom stereocenters. The highest BCUT2D eigenvalue weighted by atomic mass is 35.5. The van der Waals surface area contributed by atoms with Gasteiger partial charge in [-0.1, -0.05) is 18.5 Å². The zero-order valence-electron chi connectivity index (χ0n) is 24.9. The number of likely N-dealkylation sites (N-methyl/N-ethyl adjacent to an activating group) is 1. The minimum atomic E-state index is -1.73. The van der Waals surface area contributed by atoms with Crippen LogP contribution in [0.25, 0.3) is 22.2 Å². The Bertz CT molecular complexity index is 1980. The number of benzene rings is 1. The van der Waals surface area contributed by atoms with Crippen molar-refractivity contribution in [3.05, 3.63) is 62.7 Å². The average Bonchev–Trinajstić information content (AvgIpc) is 3.63. The molecular weight excluding hydrogens is 629 g/mol. The van der Waals surface area contributed by atoms with E-state index < -0.39 is 63.4 Å². The third kappa shape index (κ3) is 5.32. The first-order valence-electron chi connectivity index (χ1n) is 14.7. The summed E-state index contributed by atoms with van der Waals surface area (Å²) in [6, 6.07) is 2.34. The second-order valence-electron chi connectivity index (χ2n) is 11.4. The van der Waals surface area contributed by atoms with Crippen LogP contribution in [0, 0.1) is 17.6 Å². The number of carbonyl (C=O) groups is 2. The van der Waals surface area contributed by atoms with Gasteiger partial charge in [0.2, 0.25) is 17.7 Å². The maximum atomic E-state index is 15.3. The lowest BCUT2D eigenvalue weighted by Crippen LogP contribution is -2.52. The lowest BCUT2D eigenvalue weighted by atomic mass is 10.0. The Morgan fingerprint density at radius 3 is 2.59 bits per heavy atom. The van der Waals surface area contributed by atoms with Gasteiger partial charge in [-0.25, -0.2) is 14.4 Å². The van der Waals surface area contributed by atoms with E-state index in [4.69, 9.17) is 17.3 Å². The molecule has 1 atom stereocenters. The molecule has 1 saturated heterocycles. The van der Waals surface area contributed by atoms with Crippen molar-refractivity contribution in [1.82, 2.24) is 24.0 Å². The quantitative estimate of drug-likeness (QED) is 0.256. The Morgan fingerprint density at radius 1 is 1.13 bits per heavy atom. The van der Waals surface area contributed by atoms with E-state index in [1.165, 1.54) is 21.4 Å². The maximum Gasteiger partial charge on any atom is 0.263 e. The molecule has 5 heterocycles. The SMILES string of the molecule is CCN1CCN(c2cc(NC(=O)Cn3cc(-c4cc(C(N)=O)c(O)c(F)c4F)c4c(=O)n5c(nc43)CCC5)c(Cl)c(F)n2)C(C)C1. The Kier molecular flexibility index (Phi) is 8.14. The van der Waals surface area contributed by atoms with Crippen molar-refractivity contribution >= 4 is 46.0 Å². The number of nitrogens with zero attached hydrogens (tertiary/aromatic N) is 6. The number of hydrogen-bond acceptors (Lipinski definition) is 8. The number of nitrogens with two attached hydrogens (primary N) is 1. The van der Waals surface area contributed by atoms with Crippen LogP contribution in [-0.4, -0.2) is 73.1 Å². The fourth-order valence-corrected chi connectivity index (χ4v) is 6.33. The maximum absolute atomic E-state index is 15.3. The topological polar surface area (TPSA) is 152 Å². The van der Waals surface area contributed by atoms with Crippen LogP contribution in [0.2, 0.25) is 5.02 Å². The summed E-state index contributed by atoms with van der Waals surface area (Å²) in [7, 11) is 0. The number of nitrogens with one attached hydrogen (secondary N) is 1. The molecule has 0 radical (unpaired) electrons. The molecule has 4 aromatic rings. The lowest BCUT2D eigenvalue weighted by Gasteiger charge is -2.40. The number of primary amides is 1. The number of hydrogen-bond donors (Lipinski definition) is 3. The number of fused-ring (bicyclic) bond motifs is 2. The van der Waals surface area contributed by atoms with Gasteiger partial charge in [0.15, 0.2) is 11.6 Å². The first kappa shape index (κ1) is 31.4. The molecule has 1 aromatic carbocycles. The fourth-order valence-electron chi connectivity index (χ4n) is 6.18. The van der Waals surface area contributed by atoms with E-state index in [0.29, 0.717) is 37.6 Å². The number of amides is 2. The molecule has 4 N–H and O–H groups in total. The highest BCUT2D eigenvalue weighted by Gasteiger charge is 2.29. The third-order valence-corrected chi connectivity index (χ3v) is 8.88. The second kappa shape index (κ2) is 11.9. The summed E-state index contributed by atoms with van der Waals surface area (Å²) in [5, 5.41) is 12.0. The van der Waals surface area contributed by atoms with Crippen LogP contribution in [0.1, 0.15) is 36.5 Å². The fraction of sp³-hybridized carbons (Fsp3) is 0.367. The van der Waals surface area contributed by atoms with E-state index in [2.05, 4.69) is 27.1 Å². The molecule has 2 amide bonds. The van der Waals surface area contributed by atoms with Crippen molar-refractivity contribution in [2.75, 3.05) is 36.4 Å². The Hall–Kier alpha value is -4.63. The summed E-state index contributed by atoms with van der Waals surface area (Å²) in [5.41, 5.74) is 3.30. The van der Waals surface area contributed by atoms with Crippen LogP contribution in [0.15, 0.2) is 23.1 Å². The number of piperazine rings is 1. The van der Waals surface area contributed by atoms with Crippen molar-refractivity contribution in [2.24, 2.45) is 5.73 Å². The van der Waals surface area contributed by atoms with Gasteiger partial charge in [0.25, 0.3) is 11.5 Å². The number of halogens is 4. The number of phenols is 1. The van der Waals surface area contributed by atoms with Crippen LogP contribution >= 0.6 is 11.6 Å². The van der Waals surface area contributed by atoms with E-state index in [9.17, 15) is 28.3 Å². The summed E-state index contributed by atoms with van der Waals surface area (Å²) >= 11 is 6.20. The number of rotatable bonds is 7. The smallest absolute Gasteiger partial charge is 0.263 e. The predicted molar refractivity (Wildman–Crippen MR) is 165 cm³/mol.